The largest absolute Gasteiger partial charge is 0.464 e. The average molecular weight is 442 g/mol. The van der Waals surface area contributed by atoms with Crippen LogP contribution in [0.15, 0.2) is 12.3 Å². The molecule has 2 aromatic rings. The lowest BCUT2D eigenvalue weighted by atomic mass is 10.1. The van der Waals surface area contributed by atoms with Crippen LogP contribution in [-0.2, 0) is 20.8 Å². The van der Waals surface area contributed by atoms with Crippen LogP contribution in [-0.4, -0.2) is 54.0 Å². The molecule has 8 nitrogen and oxygen atoms in total. The minimum absolute atomic E-state index is 0.125. The molecule has 1 aliphatic rings. The van der Waals surface area contributed by atoms with Crippen LogP contribution in [0.25, 0.3) is 11.0 Å². The van der Waals surface area contributed by atoms with Crippen molar-refractivity contribution in [1.29, 1.82) is 0 Å². The number of esters is 1. The zero-order valence-corrected chi connectivity index (χ0v) is 17.5. The molecular formula is C20H25F3N4O4. The number of ether oxygens (including phenoxy) is 2. The molecule has 170 valence electrons. The first-order valence-electron chi connectivity index (χ1n) is 9.97. The van der Waals surface area contributed by atoms with E-state index in [1.165, 1.54) is 20.2 Å². The van der Waals surface area contributed by atoms with Gasteiger partial charge in [-0.15, -0.1) is 0 Å². The lowest BCUT2D eigenvalue weighted by Crippen LogP contribution is -2.24. The predicted molar refractivity (Wildman–Crippen MR) is 108 cm³/mol. The van der Waals surface area contributed by atoms with Crippen LogP contribution in [0.1, 0.15) is 37.2 Å². The summed E-state index contributed by atoms with van der Waals surface area (Å²) < 4.78 is 49.8. The van der Waals surface area contributed by atoms with Gasteiger partial charge in [0.1, 0.15) is 5.65 Å². The number of methoxy groups -OCH3 is 1. The Morgan fingerprint density at radius 3 is 2.74 bits per heavy atom. The summed E-state index contributed by atoms with van der Waals surface area (Å²) in [6, 6.07) is 0.690. The van der Waals surface area contributed by atoms with E-state index in [1.54, 1.807) is 10.6 Å². The van der Waals surface area contributed by atoms with E-state index in [4.69, 9.17) is 9.47 Å². The standard InChI is InChI=1S/C20H25F3N4O4/c1-4-27-16(19(29)30-3)15(26-18(28)12-5-6-31-10-12)14-7-13(9-24-17(14)27)25-11(2)8-20(21,22)23/h7,9,11-12,25H,4-6,8,10H2,1-3H3,(H,26,28)/t11-,12-/m1/s1. The Hall–Kier alpha value is -2.82. The molecule has 3 rings (SSSR count). The van der Waals surface area contributed by atoms with Crippen LogP contribution in [0.5, 0.6) is 0 Å². The monoisotopic (exact) mass is 442 g/mol. The van der Waals surface area contributed by atoms with Crippen molar-refractivity contribution in [2.24, 2.45) is 5.92 Å². The Morgan fingerprint density at radius 2 is 2.16 bits per heavy atom. The van der Waals surface area contributed by atoms with Crippen molar-refractivity contribution in [3.8, 4) is 0 Å². The van der Waals surface area contributed by atoms with E-state index in [0.29, 0.717) is 36.3 Å². The van der Waals surface area contributed by atoms with Gasteiger partial charge in [-0.25, -0.2) is 9.78 Å². The van der Waals surface area contributed by atoms with Gasteiger partial charge < -0.3 is 24.7 Å². The zero-order chi connectivity index (χ0) is 22.8. The Kier molecular flexibility index (Phi) is 6.73. The van der Waals surface area contributed by atoms with Gasteiger partial charge in [0.05, 0.1) is 43.6 Å². The molecule has 11 heteroatoms. The summed E-state index contributed by atoms with van der Waals surface area (Å²) in [6.07, 6.45) is -3.36. The van der Waals surface area contributed by atoms with Crippen LogP contribution < -0.4 is 10.6 Å². The average Bonchev–Trinajstić information content (AvgIpc) is 3.32. The van der Waals surface area contributed by atoms with Crippen molar-refractivity contribution in [3.63, 3.8) is 0 Å². The molecule has 0 unspecified atom stereocenters. The van der Waals surface area contributed by atoms with E-state index in [1.807, 2.05) is 6.92 Å². The minimum Gasteiger partial charge on any atom is -0.464 e. The van der Waals surface area contributed by atoms with Crippen LogP contribution in [0.4, 0.5) is 24.5 Å². The summed E-state index contributed by atoms with van der Waals surface area (Å²) in [5, 5.41) is 6.00. The zero-order valence-electron chi connectivity index (χ0n) is 17.5. The number of nitrogens with zero attached hydrogens (tertiary/aromatic N) is 2. The third-order valence-electron chi connectivity index (χ3n) is 5.09. The molecule has 3 heterocycles. The predicted octanol–water partition coefficient (Wildman–Crippen LogP) is 3.57. The summed E-state index contributed by atoms with van der Waals surface area (Å²) in [5.74, 6) is -1.31. The summed E-state index contributed by atoms with van der Waals surface area (Å²) in [6.45, 7) is 4.35. The topological polar surface area (TPSA) is 94.5 Å². The summed E-state index contributed by atoms with van der Waals surface area (Å²) in [5.41, 5.74) is 1.10. The van der Waals surface area contributed by atoms with Crippen LogP contribution in [0.3, 0.4) is 0 Å². The van der Waals surface area contributed by atoms with Gasteiger partial charge >= 0.3 is 12.1 Å². The molecular weight excluding hydrogens is 417 g/mol. The highest BCUT2D eigenvalue weighted by Crippen LogP contribution is 2.34. The van der Waals surface area contributed by atoms with Crippen LogP contribution in [0.2, 0.25) is 0 Å². The van der Waals surface area contributed by atoms with Gasteiger partial charge in [0, 0.05) is 24.6 Å². The first-order chi connectivity index (χ1) is 14.6. The van der Waals surface area contributed by atoms with E-state index < -0.39 is 24.6 Å². The maximum atomic E-state index is 12.7. The van der Waals surface area contributed by atoms with Gasteiger partial charge in [-0.05, 0) is 26.3 Å². The van der Waals surface area contributed by atoms with Gasteiger partial charge in [0.2, 0.25) is 5.91 Å². The van der Waals surface area contributed by atoms with Crippen LogP contribution >= 0.6 is 0 Å². The van der Waals surface area contributed by atoms with Crippen molar-refractivity contribution in [3.05, 3.63) is 18.0 Å². The second-order valence-corrected chi connectivity index (χ2v) is 7.47. The summed E-state index contributed by atoms with van der Waals surface area (Å²) in [4.78, 5) is 29.6. The number of rotatable bonds is 7. The molecule has 0 radical (unpaired) electrons. The molecule has 0 saturated carbocycles. The number of pyridine rings is 1. The van der Waals surface area contributed by atoms with E-state index in [-0.39, 0.29) is 29.8 Å². The Morgan fingerprint density at radius 1 is 1.42 bits per heavy atom. The highest BCUT2D eigenvalue weighted by atomic mass is 19.4. The van der Waals surface area contributed by atoms with Gasteiger partial charge in [0.15, 0.2) is 5.69 Å². The van der Waals surface area contributed by atoms with Crippen molar-refractivity contribution in [2.75, 3.05) is 31.0 Å². The van der Waals surface area contributed by atoms with Crippen LogP contribution in [0, 0.1) is 5.92 Å². The van der Waals surface area contributed by atoms with E-state index in [9.17, 15) is 22.8 Å². The quantitative estimate of drug-likeness (QED) is 0.637. The summed E-state index contributed by atoms with van der Waals surface area (Å²) in [7, 11) is 1.23. The molecule has 2 N–H and O–H groups in total. The second-order valence-electron chi connectivity index (χ2n) is 7.47. The highest BCUT2D eigenvalue weighted by molar-refractivity contribution is 6.11. The molecule has 0 bridgehead atoms. The fraction of sp³-hybridized carbons (Fsp3) is 0.550. The number of hydrogen-bond acceptors (Lipinski definition) is 6. The number of halogens is 3. The lowest BCUT2D eigenvalue weighted by molar-refractivity contribution is -0.136. The molecule has 0 aromatic carbocycles. The van der Waals surface area contributed by atoms with Gasteiger partial charge in [-0.1, -0.05) is 0 Å². The summed E-state index contributed by atoms with van der Waals surface area (Å²) >= 11 is 0. The van der Waals surface area contributed by atoms with E-state index in [2.05, 4.69) is 15.6 Å². The first kappa shape index (κ1) is 22.9. The normalized spacial score (nSPS) is 17.5. The number of fused-ring (bicyclic) bond motifs is 1. The number of aryl methyl sites for hydroxylation is 1. The number of aromatic nitrogens is 2. The highest BCUT2D eigenvalue weighted by Gasteiger charge is 2.31. The molecule has 1 fully saturated rings. The fourth-order valence-electron chi connectivity index (χ4n) is 3.70. The molecule has 2 atom stereocenters. The third-order valence-corrected chi connectivity index (χ3v) is 5.09. The number of alkyl halides is 3. The number of anilines is 2. The first-order valence-corrected chi connectivity index (χ1v) is 9.97. The van der Waals surface area contributed by atoms with Gasteiger partial charge in [-0.3, -0.25) is 4.79 Å². The lowest BCUT2D eigenvalue weighted by Gasteiger charge is -2.17. The van der Waals surface area contributed by atoms with E-state index in [0.717, 1.165) is 0 Å². The second kappa shape index (κ2) is 9.13. The van der Waals surface area contributed by atoms with Crippen molar-refractivity contribution in [1.82, 2.24) is 9.55 Å². The molecule has 31 heavy (non-hydrogen) atoms. The Labute approximate surface area is 177 Å². The number of carbonyl (C=O) groups excluding carboxylic acids is 2. The smallest absolute Gasteiger partial charge is 0.391 e. The molecule has 1 amide bonds. The molecule has 1 aliphatic heterocycles. The number of carbonyl (C=O) groups is 2. The van der Waals surface area contributed by atoms with Crippen molar-refractivity contribution in [2.45, 2.75) is 45.5 Å². The SMILES string of the molecule is CCn1c(C(=O)OC)c(NC(=O)[C@@H]2CCOC2)c2cc(N[C@H](C)CC(F)(F)F)cnc21. The van der Waals surface area contributed by atoms with E-state index >= 15 is 0 Å². The number of nitrogens with one attached hydrogen (secondary N) is 2. The van der Waals surface area contributed by atoms with Gasteiger partial charge in [0.25, 0.3) is 0 Å². The molecule has 0 spiro atoms. The number of hydrogen-bond donors (Lipinski definition) is 2. The third kappa shape index (κ3) is 5.09. The molecule has 2 aromatic heterocycles. The van der Waals surface area contributed by atoms with Crippen molar-refractivity contribution < 1.29 is 32.2 Å². The molecule has 1 saturated heterocycles. The Bertz CT molecular complexity index is 967. The fourth-order valence-corrected chi connectivity index (χ4v) is 3.70. The maximum absolute atomic E-state index is 12.7. The number of amides is 1. The minimum atomic E-state index is -4.31. The van der Waals surface area contributed by atoms with Gasteiger partial charge in [-0.2, -0.15) is 13.2 Å². The van der Waals surface area contributed by atoms with Crippen molar-refractivity contribution >= 4 is 34.3 Å². The Balaban J connectivity index is 2.03. The molecule has 0 aliphatic carbocycles. The maximum Gasteiger partial charge on any atom is 0.391 e.